The number of hydrogen-bond acceptors (Lipinski definition) is 6. The quantitative estimate of drug-likeness (QED) is 0.349. The number of hydrazine groups is 1. The molecule has 0 aliphatic carbocycles. The summed E-state index contributed by atoms with van der Waals surface area (Å²) in [5.41, 5.74) is 1.77. The van der Waals surface area contributed by atoms with Crippen LogP contribution in [0.25, 0.3) is 0 Å². The van der Waals surface area contributed by atoms with E-state index in [0.29, 0.717) is 13.1 Å². The lowest BCUT2D eigenvalue weighted by Crippen LogP contribution is -2.56. The Balaban J connectivity index is 2.49. The summed E-state index contributed by atoms with van der Waals surface area (Å²) in [4.78, 5) is 41.7. The van der Waals surface area contributed by atoms with Crippen molar-refractivity contribution in [2.24, 2.45) is 5.84 Å². The number of rotatable bonds is 5. The molecular weight excluding hydrogens is 240 g/mol. The number of amides is 2. The molecule has 0 atom stereocenters. The van der Waals surface area contributed by atoms with Gasteiger partial charge in [-0.25, -0.2) is 5.84 Å². The summed E-state index contributed by atoms with van der Waals surface area (Å²) in [6.07, 6.45) is -0.00903. The van der Waals surface area contributed by atoms with E-state index in [1.165, 1.54) is 9.80 Å². The standard InChI is InChI=1S/C10H18N4O4/c1-7(2)14-6-5-13(9(16)10(14)17)4-3-8(15)18-12-11/h7,12H,3-6,11H2,1-2H3. The van der Waals surface area contributed by atoms with E-state index in [1.54, 1.807) is 5.59 Å². The Kier molecular flexibility index (Phi) is 5.05. The molecule has 0 aromatic carbocycles. The number of nitrogens with one attached hydrogen (secondary N) is 1. The lowest BCUT2D eigenvalue weighted by atomic mass is 10.2. The summed E-state index contributed by atoms with van der Waals surface area (Å²) in [6.45, 7) is 4.76. The van der Waals surface area contributed by atoms with Crippen LogP contribution in [-0.4, -0.2) is 53.3 Å². The third kappa shape index (κ3) is 3.41. The van der Waals surface area contributed by atoms with Crippen molar-refractivity contribution in [1.29, 1.82) is 0 Å². The fraction of sp³-hybridized carbons (Fsp3) is 0.700. The van der Waals surface area contributed by atoms with Gasteiger partial charge in [0.1, 0.15) is 0 Å². The zero-order valence-electron chi connectivity index (χ0n) is 10.5. The molecule has 3 N–H and O–H groups in total. The third-order valence-corrected chi connectivity index (χ3v) is 2.72. The molecule has 1 aliphatic heterocycles. The first-order valence-electron chi connectivity index (χ1n) is 5.72. The molecule has 102 valence electrons. The topological polar surface area (TPSA) is 105 Å². The lowest BCUT2D eigenvalue weighted by Gasteiger charge is -2.35. The Hall–Kier alpha value is -1.67. The second-order valence-electron chi connectivity index (χ2n) is 4.23. The van der Waals surface area contributed by atoms with Gasteiger partial charge in [-0.15, -0.1) is 0 Å². The Morgan fingerprint density at radius 1 is 1.39 bits per heavy atom. The molecule has 0 aromatic heterocycles. The van der Waals surface area contributed by atoms with Gasteiger partial charge < -0.3 is 14.6 Å². The van der Waals surface area contributed by atoms with Crippen molar-refractivity contribution in [2.45, 2.75) is 26.3 Å². The van der Waals surface area contributed by atoms with Crippen LogP contribution in [0.4, 0.5) is 0 Å². The Morgan fingerprint density at radius 3 is 2.61 bits per heavy atom. The predicted octanol–water partition coefficient (Wildman–Crippen LogP) is -1.62. The van der Waals surface area contributed by atoms with Crippen molar-refractivity contribution in [2.75, 3.05) is 19.6 Å². The normalized spacial score (nSPS) is 16.4. The maximum atomic E-state index is 11.8. The van der Waals surface area contributed by atoms with E-state index in [0.717, 1.165) is 0 Å². The van der Waals surface area contributed by atoms with Crippen LogP contribution in [0.5, 0.6) is 0 Å². The first-order chi connectivity index (χ1) is 8.47. The molecule has 1 aliphatic rings. The number of piperazine rings is 1. The minimum atomic E-state index is -0.580. The average Bonchev–Trinajstić information content (AvgIpc) is 2.31. The van der Waals surface area contributed by atoms with Crippen molar-refractivity contribution in [3.8, 4) is 0 Å². The molecule has 1 saturated heterocycles. The molecular formula is C10H18N4O4. The summed E-state index contributed by atoms with van der Waals surface area (Å²) in [7, 11) is 0. The molecule has 18 heavy (non-hydrogen) atoms. The van der Waals surface area contributed by atoms with E-state index in [9.17, 15) is 14.4 Å². The summed E-state index contributed by atoms with van der Waals surface area (Å²) in [5, 5.41) is 0. The van der Waals surface area contributed by atoms with Crippen LogP contribution in [0.1, 0.15) is 20.3 Å². The highest BCUT2D eigenvalue weighted by molar-refractivity contribution is 6.35. The summed E-state index contributed by atoms with van der Waals surface area (Å²) in [5.74, 6) is 3.12. The fourth-order valence-electron chi connectivity index (χ4n) is 1.74. The lowest BCUT2D eigenvalue weighted by molar-refractivity contribution is -0.159. The van der Waals surface area contributed by atoms with Crippen LogP contribution in [-0.2, 0) is 19.2 Å². The molecule has 0 spiro atoms. The smallest absolute Gasteiger partial charge is 0.328 e. The Labute approximate surface area is 105 Å². The summed E-state index contributed by atoms with van der Waals surface area (Å²) < 4.78 is 0. The van der Waals surface area contributed by atoms with E-state index in [2.05, 4.69) is 4.84 Å². The monoisotopic (exact) mass is 258 g/mol. The molecule has 1 fully saturated rings. The van der Waals surface area contributed by atoms with E-state index in [-0.39, 0.29) is 19.0 Å². The number of carbonyl (C=O) groups is 3. The van der Waals surface area contributed by atoms with Gasteiger partial charge in [0.05, 0.1) is 6.42 Å². The van der Waals surface area contributed by atoms with Crippen LogP contribution in [0.2, 0.25) is 0 Å². The molecule has 0 radical (unpaired) electrons. The minimum Gasteiger partial charge on any atom is -0.356 e. The number of hydrogen-bond donors (Lipinski definition) is 2. The molecule has 1 heterocycles. The van der Waals surface area contributed by atoms with Gasteiger partial charge in [0, 0.05) is 25.7 Å². The van der Waals surface area contributed by atoms with Crippen LogP contribution >= 0.6 is 0 Å². The predicted molar refractivity (Wildman–Crippen MR) is 61.5 cm³/mol. The van der Waals surface area contributed by atoms with E-state index in [4.69, 9.17) is 5.84 Å². The fourth-order valence-corrected chi connectivity index (χ4v) is 1.74. The molecule has 1 rings (SSSR count). The molecule has 0 bridgehead atoms. The first kappa shape index (κ1) is 14.4. The highest BCUT2D eigenvalue weighted by Crippen LogP contribution is 2.09. The SMILES string of the molecule is CC(C)N1CCN(CCC(=O)ONN)C(=O)C1=O. The second-order valence-corrected chi connectivity index (χ2v) is 4.23. The second kappa shape index (κ2) is 6.31. The minimum absolute atomic E-state index is 0.00462. The highest BCUT2D eigenvalue weighted by atomic mass is 16.7. The largest absolute Gasteiger partial charge is 0.356 e. The van der Waals surface area contributed by atoms with E-state index >= 15 is 0 Å². The van der Waals surface area contributed by atoms with Crippen LogP contribution < -0.4 is 11.4 Å². The van der Waals surface area contributed by atoms with Gasteiger partial charge in [0.25, 0.3) is 0 Å². The maximum absolute atomic E-state index is 11.8. The van der Waals surface area contributed by atoms with Crippen molar-refractivity contribution in [1.82, 2.24) is 15.4 Å². The average molecular weight is 258 g/mol. The zero-order valence-corrected chi connectivity index (χ0v) is 10.5. The van der Waals surface area contributed by atoms with Gasteiger partial charge in [-0.05, 0) is 13.8 Å². The summed E-state index contributed by atoms with van der Waals surface area (Å²) >= 11 is 0. The molecule has 0 unspecified atom stereocenters. The van der Waals surface area contributed by atoms with E-state index < -0.39 is 17.8 Å². The van der Waals surface area contributed by atoms with Crippen LogP contribution in [0.3, 0.4) is 0 Å². The number of carbonyl (C=O) groups excluding carboxylic acids is 3. The summed E-state index contributed by atoms with van der Waals surface area (Å²) in [6, 6.07) is -0.00462. The number of nitrogens with two attached hydrogens (primary N) is 1. The number of nitrogens with zero attached hydrogens (tertiary/aromatic N) is 2. The van der Waals surface area contributed by atoms with Gasteiger partial charge in [0.2, 0.25) is 0 Å². The van der Waals surface area contributed by atoms with Crippen LogP contribution in [0, 0.1) is 0 Å². The van der Waals surface area contributed by atoms with Gasteiger partial charge in [-0.1, -0.05) is 5.59 Å². The van der Waals surface area contributed by atoms with Crippen molar-refractivity contribution < 1.29 is 19.2 Å². The van der Waals surface area contributed by atoms with Gasteiger partial charge in [0.15, 0.2) is 0 Å². The molecule has 0 aromatic rings. The van der Waals surface area contributed by atoms with Crippen LogP contribution in [0.15, 0.2) is 0 Å². The molecule has 8 heteroatoms. The molecule has 0 saturated carbocycles. The molecule has 8 nitrogen and oxygen atoms in total. The van der Waals surface area contributed by atoms with Gasteiger partial charge in [-0.2, -0.15) is 0 Å². The van der Waals surface area contributed by atoms with Crippen molar-refractivity contribution in [3.05, 3.63) is 0 Å². The van der Waals surface area contributed by atoms with Crippen molar-refractivity contribution >= 4 is 17.8 Å². The maximum Gasteiger partial charge on any atom is 0.328 e. The van der Waals surface area contributed by atoms with Gasteiger partial charge >= 0.3 is 17.8 Å². The highest BCUT2D eigenvalue weighted by Gasteiger charge is 2.33. The first-order valence-corrected chi connectivity index (χ1v) is 5.72. The Morgan fingerprint density at radius 2 is 2.06 bits per heavy atom. The Bertz CT molecular complexity index is 345. The van der Waals surface area contributed by atoms with Gasteiger partial charge in [-0.3, -0.25) is 14.4 Å². The third-order valence-electron chi connectivity index (χ3n) is 2.72. The van der Waals surface area contributed by atoms with Crippen molar-refractivity contribution in [3.63, 3.8) is 0 Å². The zero-order chi connectivity index (χ0) is 13.7. The van der Waals surface area contributed by atoms with E-state index in [1.807, 2.05) is 13.8 Å². The molecule has 2 amide bonds.